The van der Waals surface area contributed by atoms with Crippen LogP contribution in [0.1, 0.15) is 75.0 Å². The van der Waals surface area contributed by atoms with Gasteiger partial charge in [0.2, 0.25) is 0 Å². The monoisotopic (exact) mass is 389 g/mol. The van der Waals surface area contributed by atoms with Crippen LogP contribution in [0.3, 0.4) is 0 Å². The van der Waals surface area contributed by atoms with E-state index >= 15 is 0 Å². The normalized spacial score (nSPS) is 13.2. The first-order valence-electron chi connectivity index (χ1n) is 11.4. The highest BCUT2D eigenvalue weighted by Gasteiger charge is 2.20. The first-order chi connectivity index (χ1) is 14.3. The van der Waals surface area contributed by atoms with Crippen LogP contribution in [0, 0.1) is 0 Å². The number of unbranched alkanes of at least 4 members (excludes halogenated alkanes) is 7. The lowest BCUT2D eigenvalue weighted by molar-refractivity contribution is -0.104. The Kier molecular flexibility index (Phi) is 8.55. The Morgan fingerprint density at radius 3 is 2.31 bits per heavy atom. The van der Waals surface area contributed by atoms with Gasteiger partial charge in [-0.1, -0.05) is 82.2 Å². The van der Waals surface area contributed by atoms with E-state index in [4.69, 9.17) is 0 Å². The molecular formula is C27H35NO. The molecule has 0 aliphatic carbocycles. The number of rotatable bonds is 11. The zero-order valence-electron chi connectivity index (χ0n) is 17.9. The van der Waals surface area contributed by atoms with E-state index in [1.807, 2.05) is 6.08 Å². The number of para-hydroxylation sites is 1. The van der Waals surface area contributed by atoms with Crippen LogP contribution in [0.4, 0.5) is 11.4 Å². The number of hydrogen-bond donors (Lipinski definition) is 0. The molecule has 3 rings (SSSR count). The molecule has 0 saturated heterocycles. The van der Waals surface area contributed by atoms with Gasteiger partial charge in [0, 0.05) is 17.9 Å². The van der Waals surface area contributed by atoms with Gasteiger partial charge in [-0.25, -0.2) is 0 Å². The SMILES string of the molecule is CCCCCCCCCCN1c2ccccc2CCc2cc(/C=C/C=O)ccc21. The Bertz CT molecular complexity index is 808. The quantitative estimate of drug-likeness (QED) is 0.229. The third-order valence-electron chi connectivity index (χ3n) is 5.94. The first-order valence-corrected chi connectivity index (χ1v) is 11.4. The van der Waals surface area contributed by atoms with Crippen molar-refractivity contribution in [2.75, 3.05) is 11.4 Å². The lowest BCUT2D eigenvalue weighted by Crippen LogP contribution is -2.19. The number of carbonyl (C=O) groups is 1. The Labute approximate surface area is 176 Å². The van der Waals surface area contributed by atoms with Crippen LogP contribution < -0.4 is 4.90 Å². The van der Waals surface area contributed by atoms with E-state index in [0.717, 1.165) is 31.2 Å². The van der Waals surface area contributed by atoms with Crippen LogP contribution in [0.5, 0.6) is 0 Å². The van der Waals surface area contributed by atoms with Crippen LogP contribution >= 0.6 is 0 Å². The van der Waals surface area contributed by atoms with Crippen LogP contribution in [0.2, 0.25) is 0 Å². The maximum absolute atomic E-state index is 10.7. The molecule has 29 heavy (non-hydrogen) atoms. The van der Waals surface area contributed by atoms with Crippen molar-refractivity contribution in [3.05, 3.63) is 65.2 Å². The van der Waals surface area contributed by atoms with Crippen molar-refractivity contribution in [1.82, 2.24) is 0 Å². The number of hydrogen-bond acceptors (Lipinski definition) is 2. The fraction of sp³-hybridized carbons (Fsp3) is 0.444. The Morgan fingerprint density at radius 2 is 1.52 bits per heavy atom. The van der Waals surface area contributed by atoms with Gasteiger partial charge in [0.25, 0.3) is 0 Å². The van der Waals surface area contributed by atoms with Gasteiger partial charge in [-0.3, -0.25) is 4.79 Å². The van der Waals surface area contributed by atoms with Gasteiger partial charge in [0.05, 0.1) is 0 Å². The van der Waals surface area contributed by atoms with Gasteiger partial charge in [-0.15, -0.1) is 0 Å². The Morgan fingerprint density at radius 1 is 0.828 bits per heavy atom. The highest BCUT2D eigenvalue weighted by atomic mass is 16.1. The van der Waals surface area contributed by atoms with Gasteiger partial charge in [0.1, 0.15) is 6.29 Å². The smallest absolute Gasteiger partial charge is 0.142 e. The molecule has 0 fully saturated rings. The number of anilines is 2. The molecular weight excluding hydrogens is 354 g/mol. The molecule has 0 bridgehead atoms. The number of aryl methyl sites for hydroxylation is 2. The predicted octanol–water partition coefficient (Wildman–Crippen LogP) is 7.28. The largest absolute Gasteiger partial charge is 0.341 e. The molecule has 0 N–H and O–H groups in total. The summed E-state index contributed by atoms with van der Waals surface area (Å²) in [7, 11) is 0. The van der Waals surface area contributed by atoms with Gasteiger partial charge in [0.15, 0.2) is 0 Å². The Hall–Kier alpha value is -2.35. The van der Waals surface area contributed by atoms with Crippen LogP contribution in [0.15, 0.2) is 48.5 Å². The van der Waals surface area contributed by atoms with Crippen molar-refractivity contribution in [3.8, 4) is 0 Å². The van der Waals surface area contributed by atoms with Crippen molar-refractivity contribution in [2.45, 2.75) is 71.1 Å². The second-order valence-electron chi connectivity index (χ2n) is 8.14. The number of nitrogens with zero attached hydrogens (tertiary/aromatic N) is 1. The molecule has 0 unspecified atom stereocenters. The van der Waals surface area contributed by atoms with E-state index in [2.05, 4.69) is 54.3 Å². The lowest BCUT2D eigenvalue weighted by Gasteiger charge is -2.27. The second kappa shape index (κ2) is 11.6. The highest BCUT2D eigenvalue weighted by Crippen LogP contribution is 2.36. The molecule has 1 aliphatic rings. The maximum atomic E-state index is 10.7. The number of aldehydes is 1. The molecule has 0 amide bonds. The third-order valence-corrected chi connectivity index (χ3v) is 5.94. The van der Waals surface area contributed by atoms with Crippen molar-refractivity contribution in [3.63, 3.8) is 0 Å². The van der Waals surface area contributed by atoms with E-state index in [9.17, 15) is 4.79 Å². The van der Waals surface area contributed by atoms with Gasteiger partial charge in [-0.2, -0.15) is 0 Å². The summed E-state index contributed by atoms with van der Waals surface area (Å²) in [5, 5.41) is 0. The average molecular weight is 390 g/mol. The molecule has 2 aromatic rings. The molecule has 2 heteroatoms. The summed E-state index contributed by atoms with van der Waals surface area (Å²) < 4.78 is 0. The molecule has 1 heterocycles. The minimum absolute atomic E-state index is 0.843. The van der Waals surface area contributed by atoms with Crippen molar-refractivity contribution in [2.24, 2.45) is 0 Å². The minimum atomic E-state index is 0.843. The molecule has 0 spiro atoms. The van der Waals surface area contributed by atoms with E-state index in [-0.39, 0.29) is 0 Å². The third kappa shape index (κ3) is 6.06. The molecule has 0 radical (unpaired) electrons. The first kappa shape index (κ1) is 21.4. The lowest BCUT2D eigenvalue weighted by atomic mass is 10.0. The molecule has 2 aromatic carbocycles. The number of benzene rings is 2. The summed E-state index contributed by atoms with van der Waals surface area (Å²) in [6.07, 6.45) is 17.2. The van der Waals surface area contributed by atoms with Crippen molar-refractivity contribution >= 4 is 23.7 Å². The summed E-state index contributed by atoms with van der Waals surface area (Å²) in [4.78, 5) is 13.2. The summed E-state index contributed by atoms with van der Waals surface area (Å²) in [6.45, 7) is 3.35. The summed E-state index contributed by atoms with van der Waals surface area (Å²) in [6, 6.07) is 15.5. The molecule has 2 nitrogen and oxygen atoms in total. The van der Waals surface area contributed by atoms with Crippen molar-refractivity contribution in [1.29, 1.82) is 0 Å². The standard InChI is InChI=1S/C27H35NO/c1-2-3-4-5-6-7-8-11-20-28-26-15-10-9-14-24(26)17-18-25-22-23(13-12-21-29)16-19-27(25)28/h9-10,12-16,19,21-22H,2-8,11,17-18,20H2,1H3/b13-12+. The zero-order chi connectivity index (χ0) is 20.3. The molecule has 1 aliphatic heterocycles. The van der Waals surface area contributed by atoms with E-state index in [1.54, 1.807) is 6.08 Å². The number of allylic oxidation sites excluding steroid dienone is 1. The second-order valence-corrected chi connectivity index (χ2v) is 8.14. The minimum Gasteiger partial charge on any atom is -0.341 e. The highest BCUT2D eigenvalue weighted by molar-refractivity contribution is 5.76. The Balaban J connectivity index is 1.69. The van der Waals surface area contributed by atoms with E-state index < -0.39 is 0 Å². The summed E-state index contributed by atoms with van der Waals surface area (Å²) in [5.74, 6) is 0. The van der Waals surface area contributed by atoms with Crippen molar-refractivity contribution < 1.29 is 4.79 Å². The molecule has 0 atom stereocenters. The van der Waals surface area contributed by atoms with Crippen LogP contribution in [0.25, 0.3) is 6.08 Å². The maximum Gasteiger partial charge on any atom is 0.142 e. The van der Waals surface area contributed by atoms with Gasteiger partial charge < -0.3 is 4.90 Å². The van der Waals surface area contributed by atoms with Crippen LogP contribution in [-0.4, -0.2) is 12.8 Å². The zero-order valence-corrected chi connectivity index (χ0v) is 17.9. The number of carbonyl (C=O) groups excluding carboxylic acids is 1. The van der Waals surface area contributed by atoms with Gasteiger partial charge in [-0.05, 0) is 60.2 Å². The van der Waals surface area contributed by atoms with E-state index in [0.29, 0.717) is 0 Å². The molecule has 0 aromatic heterocycles. The van der Waals surface area contributed by atoms with Gasteiger partial charge >= 0.3 is 0 Å². The number of fused-ring (bicyclic) bond motifs is 2. The predicted molar refractivity (Wildman–Crippen MR) is 125 cm³/mol. The fourth-order valence-corrected chi connectivity index (χ4v) is 4.35. The van der Waals surface area contributed by atoms with E-state index in [1.165, 1.54) is 73.9 Å². The topological polar surface area (TPSA) is 20.3 Å². The molecule has 0 saturated carbocycles. The molecule has 154 valence electrons. The van der Waals surface area contributed by atoms with Crippen LogP contribution in [-0.2, 0) is 17.6 Å². The average Bonchev–Trinajstić information content (AvgIpc) is 2.91. The fourth-order valence-electron chi connectivity index (χ4n) is 4.35. The summed E-state index contributed by atoms with van der Waals surface area (Å²) in [5.41, 5.74) is 6.63. The summed E-state index contributed by atoms with van der Waals surface area (Å²) >= 11 is 0.